The van der Waals surface area contributed by atoms with Crippen LogP contribution in [0.2, 0.25) is 0 Å². The van der Waals surface area contributed by atoms with Gasteiger partial charge in [-0.05, 0) is 71.8 Å². The maximum Gasteiger partial charge on any atom is 0.257 e. The normalized spacial score (nSPS) is 19.1. The molecule has 0 unspecified atom stereocenters. The summed E-state index contributed by atoms with van der Waals surface area (Å²) < 4.78 is 13.1. The van der Waals surface area contributed by atoms with Gasteiger partial charge in [-0.2, -0.15) is 0 Å². The van der Waals surface area contributed by atoms with Crippen molar-refractivity contribution in [2.75, 3.05) is 18.9 Å². The van der Waals surface area contributed by atoms with Gasteiger partial charge >= 0.3 is 0 Å². The molecule has 0 spiro atoms. The first-order valence-electron chi connectivity index (χ1n) is 15.0. The third-order valence-electron chi connectivity index (χ3n) is 8.39. The van der Waals surface area contributed by atoms with E-state index in [4.69, 9.17) is 9.47 Å². The van der Waals surface area contributed by atoms with Gasteiger partial charge in [0, 0.05) is 42.7 Å². The predicted octanol–water partition coefficient (Wildman–Crippen LogP) is 7.22. The van der Waals surface area contributed by atoms with Crippen LogP contribution in [0, 0.1) is 0 Å². The number of ether oxygens (including phenoxy) is 2. The van der Waals surface area contributed by atoms with Crippen molar-refractivity contribution in [2.45, 2.75) is 44.5 Å². The fourth-order valence-corrected chi connectivity index (χ4v) is 5.66. The molecule has 6 rings (SSSR count). The Kier molecular flexibility index (Phi) is 9.09. The SMILES string of the molecule is C[C@H](c1ccc2ccccc2c1)N(C)C[C@H]1C[C@@H](c2ccc(CO)cc2)O[C@@H](c2ccc(NC(=O)c3cccnc3)cc2)O1. The quantitative estimate of drug-likeness (QED) is 0.190. The largest absolute Gasteiger partial charge is 0.392 e. The van der Waals surface area contributed by atoms with Crippen molar-refractivity contribution in [3.8, 4) is 0 Å². The molecule has 2 heterocycles. The molecule has 1 aliphatic rings. The van der Waals surface area contributed by atoms with Crippen LogP contribution in [0.25, 0.3) is 10.8 Å². The predicted molar refractivity (Wildman–Crippen MR) is 172 cm³/mol. The van der Waals surface area contributed by atoms with Crippen molar-refractivity contribution >= 4 is 22.4 Å². The molecule has 4 aromatic carbocycles. The van der Waals surface area contributed by atoms with Gasteiger partial charge in [0.1, 0.15) is 0 Å². The van der Waals surface area contributed by atoms with Crippen molar-refractivity contribution in [3.63, 3.8) is 0 Å². The van der Waals surface area contributed by atoms with Crippen molar-refractivity contribution in [3.05, 3.63) is 143 Å². The van der Waals surface area contributed by atoms with E-state index in [1.165, 1.54) is 16.3 Å². The molecule has 4 atom stereocenters. The van der Waals surface area contributed by atoms with Gasteiger partial charge in [-0.3, -0.25) is 14.7 Å². The molecule has 0 aliphatic carbocycles. The maximum absolute atomic E-state index is 12.6. The zero-order valence-corrected chi connectivity index (χ0v) is 25.0. The number of carbonyl (C=O) groups is 1. The number of rotatable bonds is 9. The summed E-state index contributed by atoms with van der Waals surface area (Å²) in [5, 5.41) is 14.9. The van der Waals surface area contributed by atoms with E-state index in [-0.39, 0.29) is 30.8 Å². The summed E-state index contributed by atoms with van der Waals surface area (Å²) in [6.07, 6.45) is 3.03. The van der Waals surface area contributed by atoms with Crippen LogP contribution in [0.5, 0.6) is 0 Å². The highest BCUT2D eigenvalue weighted by Crippen LogP contribution is 2.39. The van der Waals surface area contributed by atoms with Gasteiger partial charge in [0.05, 0.1) is 24.4 Å². The first-order chi connectivity index (χ1) is 21.5. The summed E-state index contributed by atoms with van der Waals surface area (Å²) in [6, 6.07) is 34.2. The number of carbonyl (C=O) groups excluding carboxylic acids is 1. The van der Waals surface area contributed by atoms with Crippen molar-refractivity contribution in [2.24, 2.45) is 0 Å². The Morgan fingerprint density at radius 2 is 1.68 bits per heavy atom. The zero-order valence-electron chi connectivity index (χ0n) is 25.0. The van der Waals surface area contributed by atoms with E-state index in [0.717, 1.165) is 23.2 Å². The summed E-state index contributed by atoms with van der Waals surface area (Å²) in [5.74, 6) is -0.217. The summed E-state index contributed by atoms with van der Waals surface area (Å²) in [6.45, 7) is 2.95. The highest BCUT2D eigenvalue weighted by molar-refractivity contribution is 6.04. The number of benzene rings is 4. The van der Waals surface area contributed by atoms with Gasteiger partial charge < -0.3 is 19.9 Å². The zero-order chi connectivity index (χ0) is 30.5. The van der Waals surface area contributed by atoms with E-state index >= 15 is 0 Å². The summed E-state index contributed by atoms with van der Waals surface area (Å²) >= 11 is 0. The Balaban J connectivity index is 1.19. The Hall–Kier alpha value is -4.40. The van der Waals surface area contributed by atoms with Gasteiger partial charge in [0.2, 0.25) is 0 Å². The Labute approximate surface area is 258 Å². The number of aliphatic hydroxyl groups is 1. The molecule has 1 aliphatic heterocycles. The van der Waals surface area contributed by atoms with Crippen molar-refractivity contribution < 1.29 is 19.4 Å². The number of hydrogen-bond acceptors (Lipinski definition) is 6. The Bertz CT molecular complexity index is 1690. The van der Waals surface area contributed by atoms with E-state index < -0.39 is 6.29 Å². The molecule has 0 bridgehead atoms. The van der Waals surface area contributed by atoms with Crippen LogP contribution in [0.15, 0.2) is 116 Å². The lowest BCUT2D eigenvalue weighted by Gasteiger charge is -2.39. The van der Waals surface area contributed by atoms with Gasteiger partial charge in [-0.25, -0.2) is 0 Å². The molecular formula is C37H37N3O4. The number of anilines is 1. The monoisotopic (exact) mass is 587 g/mol. The van der Waals surface area contributed by atoms with Crippen LogP contribution in [-0.2, 0) is 16.1 Å². The molecule has 2 N–H and O–H groups in total. The molecule has 224 valence electrons. The van der Waals surface area contributed by atoms with E-state index in [1.807, 2.05) is 48.5 Å². The number of nitrogens with one attached hydrogen (secondary N) is 1. The highest BCUT2D eigenvalue weighted by atomic mass is 16.7. The number of likely N-dealkylation sites (N-methyl/N-ethyl adjacent to an activating group) is 1. The lowest BCUT2D eigenvalue weighted by molar-refractivity contribution is -0.253. The third kappa shape index (κ3) is 6.87. The average Bonchev–Trinajstić information content (AvgIpc) is 3.08. The second kappa shape index (κ2) is 13.5. The molecule has 1 fully saturated rings. The summed E-state index contributed by atoms with van der Waals surface area (Å²) in [7, 11) is 2.14. The van der Waals surface area contributed by atoms with E-state index in [9.17, 15) is 9.90 Å². The lowest BCUT2D eigenvalue weighted by atomic mass is 9.98. The molecule has 7 nitrogen and oxygen atoms in total. The molecule has 1 aromatic heterocycles. The Morgan fingerprint density at radius 1 is 0.932 bits per heavy atom. The number of amides is 1. The summed E-state index contributed by atoms with van der Waals surface area (Å²) in [5.41, 5.74) is 5.21. The molecule has 0 saturated carbocycles. The third-order valence-corrected chi connectivity index (χ3v) is 8.39. The average molecular weight is 588 g/mol. The molecule has 1 amide bonds. The number of hydrogen-bond donors (Lipinski definition) is 2. The van der Waals surface area contributed by atoms with Gasteiger partial charge in [0.25, 0.3) is 5.91 Å². The number of fused-ring (bicyclic) bond motifs is 1. The molecule has 0 radical (unpaired) electrons. The van der Waals surface area contributed by atoms with Crippen LogP contribution in [0.1, 0.15) is 64.4 Å². The Morgan fingerprint density at radius 3 is 2.41 bits per heavy atom. The molecule has 1 saturated heterocycles. The lowest BCUT2D eigenvalue weighted by Crippen LogP contribution is -2.38. The van der Waals surface area contributed by atoms with Gasteiger partial charge in [-0.15, -0.1) is 0 Å². The van der Waals surface area contributed by atoms with Crippen LogP contribution in [-0.4, -0.2) is 40.6 Å². The maximum atomic E-state index is 12.6. The first-order valence-corrected chi connectivity index (χ1v) is 15.0. The minimum Gasteiger partial charge on any atom is -0.392 e. The molecule has 5 aromatic rings. The van der Waals surface area contributed by atoms with Crippen LogP contribution < -0.4 is 5.32 Å². The van der Waals surface area contributed by atoms with E-state index in [1.54, 1.807) is 24.5 Å². The van der Waals surface area contributed by atoms with Crippen LogP contribution >= 0.6 is 0 Å². The minimum atomic E-state index is -0.580. The standard InChI is InChI=1S/C37H37N3O4/c1-25(30-14-13-27-6-3-4-7-31(27)20-30)40(2)23-34-21-35(28-11-9-26(24-41)10-12-28)44-37(43-34)29-15-17-33(18-16-29)39-36(42)32-8-5-19-38-22-32/h3-20,22,25,34-35,37,41H,21,23-24H2,1-2H3,(H,39,42)/t25-,34-,35+,37+/m1/s1. The fourth-order valence-electron chi connectivity index (χ4n) is 5.66. The molecule has 44 heavy (non-hydrogen) atoms. The van der Waals surface area contributed by atoms with Gasteiger partial charge in [-0.1, -0.05) is 72.8 Å². The van der Waals surface area contributed by atoms with Crippen molar-refractivity contribution in [1.29, 1.82) is 0 Å². The van der Waals surface area contributed by atoms with Gasteiger partial charge in [0.15, 0.2) is 6.29 Å². The smallest absolute Gasteiger partial charge is 0.257 e. The number of aliphatic hydroxyl groups excluding tert-OH is 1. The summed E-state index contributed by atoms with van der Waals surface area (Å²) in [4.78, 5) is 18.9. The van der Waals surface area contributed by atoms with Crippen molar-refractivity contribution in [1.82, 2.24) is 9.88 Å². The second-order valence-electron chi connectivity index (χ2n) is 11.4. The van der Waals surface area contributed by atoms with Crippen LogP contribution in [0.3, 0.4) is 0 Å². The van der Waals surface area contributed by atoms with E-state index in [2.05, 4.69) is 71.6 Å². The fraction of sp³-hybridized carbons (Fsp3) is 0.243. The van der Waals surface area contributed by atoms with Crippen LogP contribution in [0.4, 0.5) is 5.69 Å². The van der Waals surface area contributed by atoms with E-state index in [0.29, 0.717) is 17.7 Å². The number of aromatic nitrogens is 1. The second-order valence-corrected chi connectivity index (χ2v) is 11.4. The molecular weight excluding hydrogens is 550 g/mol. The number of pyridine rings is 1. The highest BCUT2D eigenvalue weighted by Gasteiger charge is 2.33. The molecule has 7 heteroatoms. The number of nitrogens with zero attached hydrogens (tertiary/aromatic N) is 2. The topological polar surface area (TPSA) is 83.9 Å². The minimum absolute atomic E-state index is 0.00128. The first kappa shape index (κ1) is 29.7.